The van der Waals surface area contributed by atoms with Crippen molar-refractivity contribution in [2.24, 2.45) is 11.1 Å². The first-order chi connectivity index (χ1) is 15.6. The first kappa shape index (κ1) is 20.9. The molecule has 0 radical (unpaired) electrons. The molecule has 3 aromatic rings. The Kier molecular flexibility index (Phi) is 5.78. The molecule has 0 spiro atoms. The fourth-order valence-corrected chi connectivity index (χ4v) is 5.05. The van der Waals surface area contributed by atoms with Crippen LogP contribution in [0, 0.1) is 17.6 Å². The van der Waals surface area contributed by atoms with Gasteiger partial charge in [-0.25, -0.2) is 8.78 Å². The number of oxime groups is 1. The molecule has 8 heteroatoms. The fraction of sp³-hybridized carbons (Fsp3) is 0.417. The van der Waals surface area contributed by atoms with Crippen LogP contribution in [0.4, 0.5) is 14.5 Å². The molecule has 2 aliphatic rings. The van der Waals surface area contributed by atoms with E-state index >= 15 is 0 Å². The number of fused-ring (bicyclic) bond motifs is 1. The number of anilines is 1. The van der Waals surface area contributed by atoms with Gasteiger partial charge in [-0.3, -0.25) is 0 Å². The van der Waals surface area contributed by atoms with E-state index in [1.807, 2.05) is 0 Å². The van der Waals surface area contributed by atoms with E-state index in [-0.39, 0.29) is 23.5 Å². The van der Waals surface area contributed by atoms with Crippen LogP contribution >= 0.6 is 0 Å². The summed E-state index contributed by atoms with van der Waals surface area (Å²) in [5, 5.41) is 21.9. The lowest BCUT2D eigenvalue weighted by molar-refractivity contribution is 0.311. The van der Waals surface area contributed by atoms with E-state index < -0.39 is 0 Å². The van der Waals surface area contributed by atoms with Crippen molar-refractivity contribution in [3.8, 4) is 0 Å². The Hall–Kier alpha value is -3.00. The van der Waals surface area contributed by atoms with Crippen LogP contribution < -0.4 is 10.2 Å². The number of hydrogen-bond acceptors (Lipinski definition) is 6. The standard InChI is InChI=1S/C24H26F2N4O2/c25-17-1-3-19(23(28-31)15-5-9-27-10-6-15)21(13-17)30-11-7-16(8-12-30)24-20-4-2-18(26)14-22(20)32-29-24/h1-4,13-16,27,31H,5-12H2/b28-23+. The smallest absolute Gasteiger partial charge is 0.170 e. The Morgan fingerprint density at radius 3 is 2.50 bits per heavy atom. The Labute approximate surface area is 184 Å². The molecule has 0 amide bonds. The van der Waals surface area contributed by atoms with Crippen LogP contribution in [0.2, 0.25) is 0 Å². The monoisotopic (exact) mass is 440 g/mol. The molecule has 168 valence electrons. The summed E-state index contributed by atoms with van der Waals surface area (Å²) in [6.45, 7) is 3.17. The van der Waals surface area contributed by atoms with E-state index in [0.717, 1.165) is 61.1 Å². The van der Waals surface area contributed by atoms with Crippen molar-refractivity contribution >= 4 is 22.4 Å². The van der Waals surface area contributed by atoms with Crippen molar-refractivity contribution in [2.75, 3.05) is 31.1 Å². The van der Waals surface area contributed by atoms with Gasteiger partial charge in [-0.05, 0) is 69.1 Å². The minimum absolute atomic E-state index is 0.143. The van der Waals surface area contributed by atoms with Gasteiger partial charge in [0.05, 0.1) is 11.4 Å². The summed E-state index contributed by atoms with van der Waals surface area (Å²) in [7, 11) is 0. The summed E-state index contributed by atoms with van der Waals surface area (Å²) in [6, 6.07) is 9.20. The van der Waals surface area contributed by atoms with Gasteiger partial charge in [-0.15, -0.1) is 0 Å². The minimum Gasteiger partial charge on any atom is -0.411 e. The number of halogens is 2. The molecule has 32 heavy (non-hydrogen) atoms. The molecule has 2 fully saturated rings. The van der Waals surface area contributed by atoms with E-state index in [1.54, 1.807) is 12.1 Å². The maximum Gasteiger partial charge on any atom is 0.170 e. The highest BCUT2D eigenvalue weighted by Crippen LogP contribution is 2.36. The van der Waals surface area contributed by atoms with E-state index in [1.165, 1.54) is 24.3 Å². The maximum atomic E-state index is 14.2. The molecule has 0 saturated carbocycles. The van der Waals surface area contributed by atoms with Crippen molar-refractivity contribution in [1.82, 2.24) is 10.5 Å². The predicted octanol–water partition coefficient (Wildman–Crippen LogP) is 4.67. The van der Waals surface area contributed by atoms with Crippen LogP contribution in [0.15, 0.2) is 46.1 Å². The van der Waals surface area contributed by atoms with Crippen LogP contribution in [0.25, 0.3) is 11.0 Å². The van der Waals surface area contributed by atoms with Crippen LogP contribution in [-0.4, -0.2) is 42.3 Å². The van der Waals surface area contributed by atoms with E-state index in [0.29, 0.717) is 24.4 Å². The Balaban J connectivity index is 1.38. The van der Waals surface area contributed by atoms with Crippen molar-refractivity contribution in [2.45, 2.75) is 31.6 Å². The summed E-state index contributed by atoms with van der Waals surface area (Å²) in [6.07, 6.45) is 3.40. The lowest BCUT2D eigenvalue weighted by atomic mass is 9.87. The third kappa shape index (κ3) is 3.95. The van der Waals surface area contributed by atoms with Crippen molar-refractivity contribution in [3.63, 3.8) is 0 Å². The second kappa shape index (κ2) is 8.86. The number of rotatable bonds is 4. The Bertz CT molecular complexity index is 1130. The number of benzene rings is 2. The summed E-state index contributed by atoms with van der Waals surface area (Å²) in [5.74, 6) is -0.322. The number of piperidine rings is 2. The van der Waals surface area contributed by atoms with Crippen LogP contribution in [0.3, 0.4) is 0 Å². The van der Waals surface area contributed by atoms with E-state index in [2.05, 4.69) is 20.5 Å². The molecule has 0 unspecified atom stereocenters. The number of aromatic nitrogens is 1. The maximum absolute atomic E-state index is 14.2. The predicted molar refractivity (Wildman–Crippen MR) is 118 cm³/mol. The SMILES string of the molecule is O/N=C(/c1ccc(F)cc1N1CCC(c2noc3cc(F)ccc23)CC1)C1CCNCC1. The van der Waals surface area contributed by atoms with Crippen LogP contribution in [0.5, 0.6) is 0 Å². The third-order valence-corrected chi connectivity index (χ3v) is 6.75. The number of nitrogens with zero attached hydrogens (tertiary/aromatic N) is 3. The minimum atomic E-state index is -0.344. The molecule has 2 aromatic carbocycles. The van der Waals surface area contributed by atoms with Crippen molar-refractivity contribution in [1.29, 1.82) is 0 Å². The molecule has 2 aliphatic heterocycles. The van der Waals surface area contributed by atoms with Gasteiger partial charge < -0.3 is 19.9 Å². The molecule has 1 aromatic heterocycles. The molecule has 2 N–H and O–H groups in total. The van der Waals surface area contributed by atoms with E-state index in [4.69, 9.17) is 4.52 Å². The largest absolute Gasteiger partial charge is 0.411 e. The van der Waals surface area contributed by atoms with Crippen LogP contribution in [-0.2, 0) is 0 Å². The summed E-state index contributed by atoms with van der Waals surface area (Å²) in [4.78, 5) is 2.16. The van der Waals surface area contributed by atoms with Gasteiger partial charge in [-0.1, -0.05) is 10.3 Å². The fourth-order valence-electron chi connectivity index (χ4n) is 5.05. The zero-order valence-corrected chi connectivity index (χ0v) is 17.7. The molecule has 2 saturated heterocycles. The van der Waals surface area contributed by atoms with Gasteiger partial charge in [0, 0.05) is 47.6 Å². The number of hydrogen-bond donors (Lipinski definition) is 2. The molecular weight excluding hydrogens is 414 g/mol. The highest BCUT2D eigenvalue weighted by atomic mass is 19.1. The quantitative estimate of drug-likeness (QED) is 0.350. The first-order valence-electron chi connectivity index (χ1n) is 11.2. The topological polar surface area (TPSA) is 73.9 Å². The zero-order valence-electron chi connectivity index (χ0n) is 17.7. The normalized spacial score (nSPS) is 19.1. The molecule has 3 heterocycles. The van der Waals surface area contributed by atoms with Crippen LogP contribution in [0.1, 0.15) is 42.9 Å². The highest BCUT2D eigenvalue weighted by molar-refractivity contribution is 6.06. The second-order valence-corrected chi connectivity index (χ2v) is 8.64. The average Bonchev–Trinajstić information content (AvgIpc) is 3.24. The Morgan fingerprint density at radius 1 is 1.03 bits per heavy atom. The van der Waals surface area contributed by atoms with Gasteiger partial charge >= 0.3 is 0 Å². The first-order valence-corrected chi connectivity index (χ1v) is 11.2. The van der Waals surface area contributed by atoms with Gasteiger partial charge in [0.1, 0.15) is 11.6 Å². The zero-order chi connectivity index (χ0) is 22.1. The lowest BCUT2D eigenvalue weighted by Gasteiger charge is -2.35. The summed E-state index contributed by atoms with van der Waals surface area (Å²) < 4.78 is 33.0. The molecule has 0 atom stereocenters. The molecule has 0 aliphatic carbocycles. The molecule has 6 nitrogen and oxygen atoms in total. The Morgan fingerprint density at radius 2 is 1.75 bits per heavy atom. The number of nitrogens with one attached hydrogen (secondary N) is 1. The highest BCUT2D eigenvalue weighted by Gasteiger charge is 2.29. The van der Waals surface area contributed by atoms with E-state index in [9.17, 15) is 14.0 Å². The van der Waals surface area contributed by atoms with Gasteiger partial charge in [0.25, 0.3) is 0 Å². The molecule has 5 rings (SSSR count). The summed E-state index contributed by atoms with van der Waals surface area (Å²) >= 11 is 0. The third-order valence-electron chi connectivity index (χ3n) is 6.75. The lowest BCUT2D eigenvalue weighted by Crippen LogP contribution is -2.36. The summed E-state index contributed by atoms with van der Waals surface area (Å²) in [5.41, 5.74) is 3.50. The molecular formula is C24H26F2N4O2. The van der Waals surface area contributed by atoms with Gasteiger partial charge in [0.15, 0.2) is 5.58 Å². The van der Waals surface area contributed by atoms with Gasteiger partial charge in [0.2, 0.25) is 0 Å². The average molecular weight is 440 g/mol. The van der Waals surface area contributed by atoms with Crippen molar-refractivity contribution in [3.05, 3.63) is 59.3 Å². The second-order valence-electron chi connectivity index (χ2n) is 8.64. The molecule has 0 bridgehead atoms. The van der Waals surface area contributed by atoms with Crippen molar-refractivity contribution < 1.29 is 18.5 Å². The van der Waals surface area contributed by atoms with Gasteiger partial charge in [-0.2, -0.15) is 0 Å².